The van der Waals surface area contributed by atoms with E-state index >= 15 is 0 Å². The van der Waals surface area contributed by atoms with Crippen LogP contribution in [0.1, 0.15) is 46.1 Å². The molecule has 0 amide bonds. The quantitative estimate of drug-likeness (QED) is 0.467. The largest absolute Gasteiger partial charge is 0.461 e. The molecule has 0 spiro atoms. The highest BCUT2D eigenvalue weighted by atomic mass is 16.6. The Kier molecular flexibility index (Phi) is 6.17. The molecule has 0 bridgehead atoms. The summed E-state index contributed by atoms with van der Waals surface area (Å²) in [4.78, 5) is 36.4. The molecule has 28 heavy (non-hydrogen) atoms. The molecule has 0 aliphatic carbocycles. The number of hydrogen-bond donors (Lipinski definition) is 1. The Balaban J connectivity index is 2.67. The predicted molar refractivity (Wildman–Crippen MR) is 102 cm³/mol. The van der Waals surface area contributed by atoms with Crippen LogP contribution in [0.2, 0.25) is 0 Å². The van der Waals surface area contributed by atoms with E-state index in [2.05, 4.69) is 10.5 Å². The van der Waals surface area contributed by atoms with Crippen LogP contribution in [0.3, 0.4) is 0 Å². The summed E-state index contributed by atoms with van der Waals surface area (Å²) in [6.45, 7) is 8.43. The predicted octanol–water partition coefficient (Wildman–Crippen LogP) is 2.82. The number of nitro benzene ring substituents is 1. The Hall–Kier alpha value is -3.23. The molecule has 1 N–H and O–H groups in total. The molecular formula is C19H23N3O6. The number of nitrogens with one attached hydrogen (secondary N) is 1. The van der Waals surface area contributed by atoms with Crippen LogP contribution < -0.4 is 5.43 Å². The van der Waals surface area contributed by atoms with Crippen molar-refractivity contribution >= 4 is 23.3 Å². The van der Waals surface area contributed by atoms with Gasteiger partial charge in [0.25, 0.3) is 5.69 Å². The summed E-state index contributed by atoms with van der Waals surface area (Å²) in [5.41, 5.74) is 2.01. The van der Waals surface area contributed by atoms with Crippen molar-refractivity contribution in [3.05, 3.63) is 51.2 Å². The number of esters is 2. The lowest BCUT2D eigenvalue weighted by atomic mass is 9.83. The van der Waals surface area contributed by atoms with E-state index in [0.717, 1.165) is 0 Å². The third-order valence-electron chi connectivity index (χ3n) is 3.86. The van der Waals surface area contributed by atoms with Crippen LogP contribution in [0.4, 0.5) is 5.69 Å². The van der Waals surface area contributed by atoms with Gasteiger partial charge in [0.05, 0.1) is 23.0 Å². The minimum Gasteiger partial charge on any atom is -0.461 e. The van der Waals surface area contributed by atoms with Gasteiger partial charge in [-0.05, 0) is 34.6 Å². The fraction of sp³-hybridized carbons (Fsp3) is 0.421. The molecule has 9 heteroatoms. The number of benzene rings is 1. The molecule has 1 unspecified atom stereocenters. The molecule has 0 radical (unpaired) electrons. The van der Waals surface area contributed by atoms with Gasteiger partial charge in [0.15, 0.2) is 5.71 Å². The molecule has 2 rings (SSSR count). The van der Waals surface area contributed by atoms with Gasteiger partial charge in [-0.1, -0.05) is 18.2 Å². The minimum absolute atomic E-state index is 0.0716. The average Bonchev–Trinajstić information content (AvgIpc) is 2.59. The molecule has 1 aliphatic heterocycles. The SMILES string of the molecule is CCOC(=O)C1=NNC(C)=C(C(=O)OC(C)(C)C)C1c1ccccc1[N+](=O)[O-]. The van der Waals surface area contributed by atoms with Crippen molar-refractivity contribution in [2.45, 2.75) is 46.1 Å². The first-order valence-corrected chi connectivity index (χ1v) is 8.75. The van der Waals surface area contributed by atoms with Gasteiger partial charge in [-0.15, -0.1) is 0 Å². The smallest absolute Gasteiger partial charge is 0.355 e. The summed E-state index contributed by atoms with van der Waals surface area (Å²) < 4.78 is 10.5. The van der Waals surface area contributed by atoms with Crippen LogP contribution in [0.25, 0.3) is 0 Å². The summed E-state index contributed by atoms with van der Waals surface area (Å²) in [7, 11) is 0. The summed E-state index contributed by atoms with van der Waals surface area (Å²) >= 11 is 0. The van der Waals surface area contributed by atoms with Crippen molar-refractivity contribution in [3.8, 4) is 0 Å². The molecule has 1 aromatic rings. The molecule has 0 aromatic heterocycles. The van der Waals surface area contributed by atoms with Crippen LogP contribution in [-0.4, -0.2) is 34.8 Å². The molecule has 1 heterocycles. The first kappa shape index (κ1) is 21.1. The van der Waals surface area contributed by atoms with Crippen LogP contribution in [-0.2, 0) is 19.1 Å². The second kappa shape index (κ2) is 8.20. The number of rotatable bonds is 5. The monoisotopic (exact) mass is 389 g/mol. The fourth-order valence-electron chi connectivity index (χ4n) is 2.80. The number of nitro groups is 1. The van der Waals surface area contributed by atoms with Gasteiger partial charge >= 0.3 is 11.9 Å². The number of nitrogens with zero attached hydrogens (tertiary/aromatic N) is 2. The van der Waals surface area contributed by atoms with E-state index in [0.29, 0.717) is 5.70 Å². The zero-order valence-electron chi connectivity index (χ0n) is 16.4. The van der Waals surface area contributed by atoms with Gasteiger partial charge in [0, 0.05) is 17.3 Å². The molecule has 150 valence electrons. The van der Waals surface area contributed by atoms with Crippen molar-refractivity contribution in [1.29, 1.82) is 0 Å². The van der Waals surface area contributed by atoms with Crippen LogP contribution in [0.15, 0.2) is 40.6 Å². The number of hydrogen-bond acceptors (Lipinski definition) is 8. The van der Waals surface area contributed by atoms with Crippen molar-refractivity contribution in [1.82, 2.24) is 5.43 Å². The maximum Gasteiger partial charge on any atom is 0.355 e. The number of hydrazone groups is 1. The zero-order valence-corrected chi connectivity index (χ0v) is 16.4. The highest BCUT2D eigenvalue weighted by Crippen LogP contribution is 2.37. The van der Waals surface area contributed by atoms with E-state index in [9.17, 15) is 19.7 Å². The number of para-hydroxylation sites is 1. The van der Waals surface area contributed by atoms with E-state index in [4.69, 9.17) is 9.47 Å². The lowest BCUT2D eigenvalue weighted by Gasteiger charge is -2.28. The second-order valence-electron chi connectivity index (χ2n) is 7.12. The van der Waals surface area contributed by atoms with E-state index in [-0.39, 0.29) is 29.1 Å². The molecule has 0 saturated heterocycles. The Morgan fingerprint density at radius 2 is 1.89 bits per heavy atom. The lowest BCUT2D eigenvalue weighted by molar-refractivity contribution is -0.385. The van der Waals surface area contributed by atoms with Crippen molar-refractivity contribution in [3.63, 3.8) is 0 Å². The number of carbonyl (C=O) groups excluding carboxylic acids is 2. The van der Waals surface area contributed by atoms with Crippen LogP contribution >= 0.6 is 0 Å². The third kappa shape index (κ3) is 4.54. The maximum absolute atomic E-state index is 12.9. The van der Waals surface area contributed by atoms with Crippen molar-refractivity contribution in [2.75, 3.05) is 6.61 Å². The van der Waals surface area contributed by atoms with E-state index in [1.54, 1.807) is 40.7 Å². The molecule has 0 saturated carbocycles. The van der Waals surface area contributed by atoms with Crippen molar-refractivity contribution in [2.24, 2.45) is 5.10 Å². The molecular weight excluding hydrogens is 366 g/mol. The normalized spacial score (nSPS) is 16.8. The van der Waals surface area contributed by atoms with E-state index in [1.807, 2.05) is 0 Å². The summed E-state index contributed by atoms with van der Waals surface area (Å²) in [6, 6.07) is 5.89. The Labute approximate surface area is 162 Å². The van der Waals surface area contributed by atoms with Gasteiger partial charge in [-0.2, -0.15) is 5.10 Å². The second-order valence-corrected chi connectivity index (χ2v) is 7.12. The van der Waals surface area contributed by atoms with E-state index < -0.39 is 28.4 Å². The number of allylic oxidation sites excluding steroid dienone is 1. The van der Waals surface area contributed by atoms with Gasteiger partial charge < -0.3 is 9.47 Å². The lowest BCUT2D eigenvalue weighted by Crippen LogP contribution is -2.38. The average molecular weight is 389 g/mol. The fourth-order valence-corrected chi connectivity index (χ4v) is 2.80. The Morgan fingerprint density at radius 1 is 1.25 bits per heavy atom. The number of ether oxygens (including phenoxy) is 2. The minimum atomic E-state index is -1.10. The summed E-state index contributed by atoms with van der Waals surface area (Å²) in [5, 5.41) is 15.6. The third-order valence-corrected chi connectivity index (χ3v) is 3.86. The van der Waals surface area contributed by atoms with Crippen molar-refractivity contribution < 1.29 is 24.0 Å². The first-order valence-electron chi connectivity index (χ1n) is 8.75. The number of carbonyl (C=O) groups is 2. The molecule has 9 nitrogen and oxygen atoms in total. The van der Waals surface area contributed by atoms with Gasteiger partial charge in [-0.25, -0.2) is 9.59 Å². The zero-order chi connectivity index (χ0) is 21.1. The van der Waals surface area contributed by atoms with Gasteiger partial charge in [0.2, 0.25) is 0 Å². The first-order chi connectivity index (χ1) is 13.1. The van der Waals surface area contributed by atoms with Gasteiger partial charge in [0.1, 0.15) is 5.60 Å². The van der Waals surface area contributed by atoms with Crippen LogP contribution in [0, 0.1) is 10.1 Å². The summed E-state index contributed by atoms with van der Waals surface area (Å²) in [5.74, 6) is -2.57. The maximum atomic E-state index is 12.9. The van der Waals surface area contributed by atoms with Crippen LogP contribution in [0.5, 0.6) is 0 Å². The molecule has 1 aromatic carbocycles. The topological polar surface area (TPSA) is 120 Å². The highest BCUT2D eigenvalue weighted by Gasteiger charge is 2.41. The highest BCUT2D eigenvalue weighted by molar-refractivity contribution is 6.40. The standard InChI is InChI=1S/C19H23N3O6/c1-6-27-18(24)16-15(12-9-7-8-10-13(12)22(25)26)14(11(2)20-21-16)17(23)28-19(3,4)5/h7-10,15,20H,6H2,1-5H3. The molecule has 1 aliphatic rings. The Morgan fingerprint density at radius 3 is 2.46 bits per heavy atom. The molecule has 0 fully saturated rings. The summed E-state index contributed by atoms with van der Waals surface area (Å²) in [6.07, 6.45) is 0. The van der Waals surface area contributed by atoms with Gasteiger partial charge in [-0.3, -0.25) is 15.5 Å². The molecule has 1 atom stereocenters. The van der Waals surface area contributed by atoms with E-state index in [1.165, 1.54) is 18.2 Å². The Bertz CT molecular complexity index is 867.